The van der Waals surface area contributed by atoms with Crippen LogP contribution in [0, 0.1) is 0 Å². The first-order valence-electron chi connectivity index (χ1n) is 5.52. The van der Waals surface area contributed by atoms with Gasteiger partial charge in [0.05, 0.1) is 12.7 Å². The maximum atomic E-state index is 12.2. The minimum Gasteiger partial charge on any atom is -0.480 e. The quantitative estimate of drug-likeness (QED) is 0.525. The van der Waals surface area contributed by atoms with Crippen LogP contribution in [0.2, 0.25) is 0 Å². The number of aliphatic hydroxyl groups is 1. The van der Waals surface area contributed by atoms with Crippen molar-refractivity contribution in [1.29, 1.82) is 0 Å². The molecule has 0 spiro atoms. The molecule has 2 aliphatic rings. The summed E-state index contributed by atoms with van der Waals surface area (Å²) in [5.41, 5.74) is 4.76. The molecule has 2 rings (SSSR count). The largest absolute Gasteiger partial charge is 0.480 e. The molecule has 2 heterocycles. The van der Waals surface area contributed by atoms with Crippen LogP contribution in [-0.4, -0.2) is 64.4 Å². The molecule has 0 aliphatic carbocycles. The third kappa shape index (κ3) is 2.13. The maximum absolute atomic E-state index is 12.2. The van der Waals surface area contributed by atoms with Gasteiger partial charge in [0.2, 0.25) is 5.91 Å². The Balaban J connectivity index is 2.15. The van der Waals surface area contributed by atoms with Gasteiger partial charge in [-0.05, 0) is 6.42 Å². The van der Waals surface area contributed by atoms with Gasteiger partial charge in [0.15, 0.2) is 0 Å². The number of carboxylic acid groups (broad SMARTS) is 1. The summed E-state index contributed by atoms with van der Waals surface area (Å²) in [6.45, 7) is 0.524. The molecule has 7 heteroatoms. The Bertz CT molecular complexity index is 340. The predicted molar refractivity (Wildman–Crippen MR) is 56.1 cm³/mol. The number of carbonyl (C=O) groups excluding carboxylic acids is 1. The topological polar surface area (TPSA) is 113 Å². The van der Waals surface area contributed by atoms with Gasteiger partial charge in [0.1, 0.15) is 11.6 Å². The summed E-state index contributed by atoms with van der Waals surface area (Å²) in [6.07, 6.45) is -0.367. The van der Waals surface area contributed by atoms with Gasteiger partial charge in [-0.1, -0.05) is 0 Å². The highest BCUT2D eigenvalue weighted by Crippen LogP contribution is 2.25. The SMILES string of the molecule is NC1(C(=O)N2CC(O)C[C@H]2C(=O)O)CCOC1. The van der Waals surface area contributed by atoms with Crippen molar-refractivity contribution in [2.24, 2.45) is 5.73 Å². The smallest absolute Gasteiger partial charge is 0.326 e. The zero-order valence-corrected chi connectivity index (χ0v) is 9.33. The van der Waals surface area contributed by atoms with Crippen molar-refractivity contribution in [3.05, 3.63) is 0 Å². The van der Waals surface area contributed by atoms with E-state index in [0.29, 0.717) is 13.0 Å². The fraction of sp³-hybridized carbons (Fsp3) is 0.800. The molecule has 0 radical (unpaired) electrons. The minimum atomic E-state index is -1.14. The molecule has 7 nitrogen and oxygen atoms in total. The summed E-state index contributed by atoms with van der Waals surface area (Å²) in [7, 11) is 0. The van der Waals surface area contributed by atoms with Gasteiger partial charge in [0, 0.05) is 19.6 Å². The van der Waals surface area contributed by atoms with E-state index in [0.717, 1.165) is 4.90 Å². The van der Waals surface area contributed by atoms with Crippen LogP contribution in [0.25, 0.3) is 0 Å². The van der Waals surface area contributed by atoms with E-state index in [2.05, 4.69) is 0 Å². The number of hydrogen-bond donors (Lipinski definition) is 3. The second-order valence-corrected chi connectivity index (χ2v) is 4.66. The van der Waals surface area contributed by atoms with E-state index in [1.54, 1.807) is 0 Å². The number of aliphatic carboxylic acids is 1. The van der Waals surface area contributed by atoms with Crippen LogP contribution < -0.4 is 5.73 Å². The van der Waals surface area contributed by atoms with Crippen molar-refractivity contribution in [3.8, 4) is 0 Å². The molecule has 0 aromatic heterocycles. The number of rotatable bonds is 2. The summed E-state index contributed by atoms with van der Waals surface area (Å²) in [5, 5.41) is 18.5. The number of likely N-dealkylation sites (tertiary alicyclic amines) is 1. The lowest BCUT2D eigenvalue weighted by molar-refractivity contribution is -0.150. The van der Waals surface area contributed by atoms with E-state index in [1.807, 2.05) is 0 Å². The number of hydrogen-bond acceptors (Lipinski definition) is 5. The molecular formula is C10H16N2O5. The number of ether oxygens (including phenoxy) is 1. The highest BCUT2D eigenvalue weighted by atomic mass is 16.5. The zero-order valence-electron chi connectivity index (χ0n) is 9.33. The number of β-amino-alcohol motifs (C(OH)–C–C–N with tert-alkyl or cyclic N) is 1. The number of carbonyl (C=O) groups is 2. The van der Waals surface area contributed by atoms with Crippen molar-refractivity contribution in [1.82, 2.24) is 4.90 Å². The van der Waals surface area contributed by atoms with Gasteiger partial charge in [-0.3, -0.25) is 4.79 Å². The highest BCUT2D eigenvalue weighted by Gasteiger charge is 2.47. The summed E-state index contributed by atoms with van der Waals surface area (Å²) in [5.74, 6) is -1.56. The lowest BCUT2D eigenvalue weighted by Gasteiger charge is -2.29. The van der Waals surface area contributed by atoms with Gasteiger partial charge >= 0.3 is 5.97 Å². The maximum Gasteiger partial charge on any atom is 0.326 e. The Labute approximate surface area is 98.1 Å². The first-order valence-corrected chi connectivity index (χ1v) is 5.52. The molecule has 4 N–H and O–H groups in total. The Morgan fingerprint density at radius 1 is 1.47 bits per heavy atom. The fourth-order valence-electron chi connectivity index (χ4n) is 2.31. The van der Waals surface area contributed by atoms with Crippen molar-refractivity contribution in [2.45, 2.75) is 30.5 Å². The fourth-order valence-corrected chi connectivity index (χ4v) is 2.31. The average Bonchev–Trinajstić information content (AvgIpc) is 2.84. The Morgan fingerprint density at radius 3 is 2.71 bits per heavy atom. The summed E-state index contributed by atoms with van der Waals surface area (Å²) >= 11 is 0. The van der Waals surface area contributed by atoms with Crippen molar-refractivity contribution < 1.29 is 24.5 Å². The molecule has 1 amide bonds. The van der Waals surface area contributed by atoms with Crippen LogP contribution in [0.1, 0.15) is 12.8 Å². The van der Waals surface area contributed by atoms with Crippen molar-refractivity contribution >= 4 is 11.9 Å². The van der Waals surface area contributed by atoms with Crippen LogP contribution in [0.4, 0.5) is 0 Å². The second kappa shape index (κ2) is 4.25. The molecule has 0 aromatic carbocycles. The molecule has 0 aromatic rings. The third-order valence-corrected chi connectivity index (χ3v) is 3.30. The van der Waals surface area contributed by atoms with Gasteiger partial charge < -0.3 is 25.6 Å². The molecular weight excluding hydrogens is 228 g/mol. The number of nitrogens with two attached hydrogens (primary N) is 1. The zero-order chi connectivity index (χ0) is 12.6. The van der Waals surface area contributed by atoms with E-state index < -0.39 is 29.6 Å². The first kappa shape index (κ1) is 12.3. The molecule has 17 heavy (non-hydrogen) atoms. The normalized spacial score (nSPS) is 37.4. The van der Waals surface area contributed by atoms with Crippen LogP contribution >= 0.6 is 0 Å². The number of aliphatic hydroxyl groups excluding tert-OH is 1. The molecule has 2 fully saturated rings. The predicted octanol–water partition coefficient (Wildman–Crippen LogP) is -1.85. The van der Waals surface area contributed by atoms with Gasteiger partial charge in [-0.2, -0.15) is 0 Å². The standard InChI is InChI=1S/C10H16N2O5/c11-10(1-2-17-5-10)9(16)12-4-6(13)3-7(12)8(14)15/h6-7,13H,1-5,11H2,(H,14,15)/t6?,7-,10?/m0/s1. The van der Waals surface area contributed by atoms with Crippen LogP contribution in [0.3, 0.4) is 0 Å². The molecule has 96 valence electrons. The molecule has 2 aliphatic heterocycles. The molecule has 0 bridgehead atoms. The van der Waals surface area contributed by atoms with E-state index in [4.69, 9.17) is 15.6 Å². The highest BCUT2D eigenvalue weighted by molar-refractivity contribution is 5.91. The Hall–Kier alpha value is -1.18. The van der Waals surface area contributed by atoms with Crippen molar-refractivity contribution in [2.75, 3.05) is 19.8 Å². The van der Waals surface area contributed by atoms with Crippen LogP contribution in [0.15, 0.2) is 0 Å². The van der Waals surface area contributed by atoms with E-state index >= 15 is 0 Å². The Morgan fingerprint density at radius 2 is 2.18 bits per heavy atom. The van der Waals surface area contributed by atoms with Crippen LogP contribution in [-0.2, 0) is 14.3 Å². The molecule has 3 atom stereocenters. The second-order valence-electron chi connectivity index (χ2n) is 4.66. The number of carboxylic acids is 1. The van der Waals surface area contributed by atoms with Gasteiger partial charge in [-0.15, -0.1) is 0 Å². The molecule has 2 saturated heterocycles. The van der Waals surface area contributed by atoms with Crippen molar-refractivity contribution in [3.63, 3.8) is 0 Å². The number of amides is 1. The minimum absolute atomic E-state index is 0.0226. The lowest BCUT2D eigenvalue weighted by Crippen LogP contribution is -2.58. The molecule has 2 unspecified atom stereocenters. The Kier molecular flexibility index (Phi) is 3.07. The number of nitrogens with zero attached hydrogens (tertiary/aromatic N) is 1. The third-order valence-electron chi connectivity index (χ3n) is 3.30. The average molecular weight is 244 g/mol. The van der Waals surface area contributed by atoms with Gasteiger partial charge in [-0.25, -0.2) is 4.79 Å². The van der Waals surface area contributed by atoms with E-state index in [1.165, 1.54) is 0 Å². The van der Waals surface area contributed by atoms with Gasteiger partial charge in [0.25, 0.3) is 0 Å². The summed E-state index contributed by atoms with van der Waals surface area (Å²) < 4.78 is 5.08. The first-order chi connectivity index (χ1) is 7.94. The van der Waals surface area contributed by atoms with E-state index in [-0.39, 0.29) is 19.6 Å². The van der Waals surface area contributed by atoms with E-state index in [9.17, 15) is 14.7 Å². The lowest BCUT2D eigenvalue weighted by atomic mass is 9.98. The van der Waals surface area contributed by atoms with Crippen LogP contribution in [0.5, 0.6) is 0 Å². The summed E-state index contributed by atoms with van der Waals surface area (Å²) in [6, 6.07) is -0.987. The molecule has 0 saturated carbocycles. The summed E-state index contributed by atoms with van der Waals surface area (Å²) in [4.78, 5) is 24.3. The monoisotopic (exact) mass is 244 g/mol.